The molecule has 0 amide bonds. The van der Waals surface area contributed by atoms with Crippen LogP contribution in [-0.4, -0.2) is 12.6 Å². The van der Waals surface area contributed by atoms with Gasteiger partial charge in [-0.3, -0.25) is 0 Å². The van der Waals surface area contributed by atoms with Crippen LogP contribution in [0.2, 0.25) is 0 Å². The predicted octanol–water partition coefficient (Wildman–Crippen LogP) is 4.24. The van der Waals surface area contributed by atoms with Gasteiger partial charge in [0.2, 0.25) is 0 Å². The van der Waals surface area contributed by atoms with E-state index in [0.717, 1.165) is 12.0 Å². The monoisotopic (exact) mass is 251 g/mol. The molecule has 17 heavy (non-hydrogen) atoms. The van der Waals surface area contributed by atoms with Crippen molar-refractivity contribution in [3.63, 3.8) is 0 Å². The molecule has 1 fully saturated rings. The summed E-state index contributed by atoms with van der Waals surface area (Å²) < 4.78 is 0. The molecule has 2 rings (SSSR count). The van der Waals surface area contributed by atoms with E-state index < -0.39 is 0 Å². The molecule has 2 heteroatoms. The van der Waals surface area contributed by atoms with E-state index >= 15 is 0 Å². The topological polar surface area (TPSA) is 12.0 Å². The largest absolute Gasteiger partial charge is 0.314 e. The second-order valence-corrected chi connectivity index (χ2v) is 6.15. The molecule has 1 nitrogen and oxygen atoms in total. The van der Waals surface area contributed by atoms with Crippen molar-refractivity contribution in [1.82, 2.24) is 5.32 Å². The molecule has 0 radical (unpaired) electrons. The van der Waals surface area contributed by atoms with Gasteiger partial charge in [0.05, 0.1) is 0 Å². The van der Waals surface area contributed by atoms with Crippen molar-refractivity contribution in [2.24, 2.45) is 5.92 Å². The Morgan fingerprint density at radius 2 is 2.24 bits per heavy atom. The lowest BCUT2D eigenvalue weighted by atomic mass is 9.92. The molecule has 2 unspecified atom stereocenters. The lowest BCUT2D eigenvalue weighted by molar-refractivity contribution is 0.384. The molecule has 0 bridgehead atoms. The summed E-state index contributed by atoms with van der Waals surface area (Å²) in [6, 6.07) is 3.07. The van der Waals surface area contributed by atoms with Crippen molar-refractivity contribution in [3.05, 3.63) is 22.4 Å². The lowest BCUT2D eigenvalue weighted by Gasteiger charge is -2.20. The van der Waals surface area contributed by atoms with Crippen LogP contribution in [0.3, 0.4) is 0 Å². The van der Waals surface area contributed by atoms with Crippen LogP contribution in [0.25, 0.3) is 0 Å². The fourth-order valence-electron chi connectivity index (χ4n) is 2.92. The van der Waals surface area contributed by atoms with Gasteiger partial charge in [-0.15, -0.1) is 0 Å². The lowest BCUT2D eigenvalue weighted by Crippen LogP contribution is -2.31. The van der Waals surface area contributed by atoms with Crippen LogP contribution in [0.15, 0.2) is 16.8 Å². The predicted molar refractivity (Wildman–Crippen MR) is 76.7 cm³/mol. The summed E-state index contributed by atoms with van der Waals surface area (Å²) in [5, 5.41) is 8.25. The van der Waals surface area contributed by atoms with E-state index in [1.54, 1.807) is 5.56 Å². The minimum atomic E-state index is 0.779. The number of nitrogens with one attached hydrogen (secondary N) is 1. The van der Waals surface area contributed by atoms with Crippen molar-refractivity contribution in [1.29, 1.82) is 0 Å². The fraction of sp³-hybridized carbons (Fsp3) is 0.733. The maximum absolute atomic E-state index is 3.72. The molecule has 0 aromatic carbocycles. The molecule has 0 aliphatic heterocycles. The number of hydrogen-bond donors (Lipinski definition) is 1. The van der Waals surface area contributed by atoms with Crippen LogP contribution in [0.1, 0.15) is 51.0 Å². The van der Waals surface area contributed by atoms with Crippen LogP contribution in [0.4, 0.5) is 0 Å². The molecule has 2 atom stereocenters. The van der Waals surface area contributed by atoms with Crippen LogP contribution in [0.5, 0.6) is 0 Å². The molecule has 0 saturated heterocycles. The summed E-state index contributed by atoms with van der Waals surface area (Å²) in [6.45, 7) is 3.45. The average Bonchev–Trinajstić information content (AvgIpc) is 2.73. The Labute approximate surface area is 110 Å². The van der Waals surface area contributed by atoms with Crippen molar-refractivity contribution >= 4 is 11.3 Å². The van der Waals surface area contributed by atoms with Gasteiger partial charge in [0.25, 0.3) is 0 Å². The minimum absolute atomic E-state index is 0.779. The van der Waals surface area contributed by atoms with E-state index in [1.165, 1.54) is 51.5 Å². The second kappa shape index (κ2) is 7.17. The SMILES string of the molecule is CCCNC1CCCCC(Cc2ccsc2)C1. The highest BCUT2D eigenvalue weighted by atomic mass is 32.1. The highest BCUT2D eigenvalue weighted by Gasteiger charge is 2.19. The zero-order chi connectivity index (χ0) is 11.9. The van der Waals surface area contributed by atoms with Crippen molar-refractivity contribution < 1.29 is 0 Å². The van der Waals surface area contributed by atoms with E-state index in [1.807, 2.05) is 11.3 Å². The molecule has 1 heterocycles. The minimum Gasteiger partial charge on any atom is -0.314 e. The first-order valence-electron chi connectivity index (χ1n) is 7.13. The first-order chi connectivity index (χ1) is 8.38. The number of hydrogen-bond acceptors (Lipinski definition) is 2. The first-order valence-corrected chi connectivity index (χ1v) is 8.07. The zero-order valence-electron chi connectivity index (χ0n) is 11.0. The van der Waals surface area contributed by atoms with Gasteiger partial charge in [0, 0.05) is 6.04 Å². The Morgan fingerprint density at radius 3 is 3.00 bits per heavy atom. The van der Waals surface area contributed by atoms with Crippen LogP contribution in [0, 0.1) is 5.92 Å². The van der Waals surface area contributed by atoms with Crippen LogP contribution < -0.4 is 5.32 Å². The number of rotatable bonds is 5. The molecule has 96 valence electrons. The maximum Gasteiger partial charge on any atom is 0.00698 e. The van der Waals surface area contributed by atoms with Gasteiger partial charge in [0.15, 0.2) is 0 Å². The summed E-state index contributed by atoms with van der Waals surface area (Å²) in [7, 11) is 0. The molecular formula is C15H25NS. The van der Waals surface area contributed by atoms with Crippen molar-refractivity contribution in [2.45, 2.75) is 57.9 Å². The third-order valence-corrected chi connectivity index (χ3v) is 4.55. The van der Waals surface area contributed by atoms with Gasteiger partial charge in [-0.05, 0) is 60.5 Å². The zero-order valence-corrected chi connectivity index (χ0v) is 11.8. The third-order valence-electron chi connectivity index (χ3n) is 3.82. The van der Waals surface area contributed by atoms with Crippen molar-refractivity contribution in [2.75, 3.05) is 6.54 Å². The Morgan fingerprint density at radius 1 is 1.35 bits per heavy atom. The van der Waals surface area contributed by atoms with Gasteiger partial charge in [-0.1, -0.05) is 26.2 Å². The van der Waals surface area contributed by atoms with Gasteiger partial charge < -0.3 is 5.32 Å². The summed E-state index contributed by atoms with van der Waals surface area (Å²) in [5.41, 5.74) is 1.55. The standard InChI is InChI=1S/C15H25NS/c1-2-8-16-15-6-4-3-5-13(11-15)10-14-7-9-17-12-14/h7,9,12-13,15-16H,2-6,8,10-11H2,1H3. The smallest absolute Gasteiger partial charge is 0.00698 e. The normalized spacial score (nSPS) is 25.7. The summed E-state index contributed by atoms with van der Waals surface area (Å²) in [4.78, 5) is 0. The molecule has 1 aliphatic rings. The van der Waals surface area contributed by atoms with Gasteiger partial charge in [-0.2, -0.15) is 11.3 Å². The Bertz CT molecular complexity index is 294. The van der Waals surface area contributed by atoms with E-state index in [9.17, 15) is 0 Å². The summed E-state index contributed by atoms with van der Waals surface area (Å²) in [5.74, 6) is 0.904. The van der Waals surface area contributed by atoms with E-state index in [0.29, 0.717) is 0 Å². The quantitative estimate of drug-likeness (QED) is 0.772. The number of thiophene rings is 1. The van der Waals surface area contributed by atoms with E-state index in [-0.39, 0.29) is 0 Å². The Kier molecular flexibility index (Phi) is 5.53. The Hall–Kier alpha value is -0.340. The molecular weight excluding hydrogens is 226 g/mol. The fourth-order valence-corrected chi connectivity index (χ4v) is 3.60. The van der Waals surface area contributed by atoms with Crippen molar-refractivity contribution in [3.8, 4) is 0 Å². The third kappa shape index (κ3) is 4.44. The highest BCUT2D eigenvalue weighted by Crippen LogP contribution is 2.27. The molecule has 1 N–H and O–H groups in total. The van der Waals surface area contributed by atoms with Gasteiger partial charge >= 0.3 is 0 Å². The molecule has 1 aliphatic carbocycles. The van der Waals surface area contributed by atoms with Gasteiger partial charge in [-0.25, -0.2) is 0 Å². The van der Waals surface area contributed by atoms with Gasteiger partial charge in [0.1, 0.15) is 0 Å². The van der Waals surface area contributed by atoms with Crippen LogP contribution >= 0.6 is 11.3 Å². The molecule has 1 aromatic heterocycles. The highest BCUT2D eigenvalue weighted by molar-refractivity contribution is 7.07. The molecule has 1 saturated carbocycles. The van der Waals surface area contributed by atoms with Crippen LogP contribution in [-0.2, 0) is 6.42 Å². The average molecular weight is 251 g/mol. The molecule has 1 aromatic rings. The summed E-state index contributed by atoms with van der Waals surface area (Å²) >= 11 is 1.83. The first kappa shape index (κ1) is 13.1. The van der Waals surface area contributed by atoms with E-state index in [4.69, 9.17) is 0 Å². The summed E-state index contributed by atoms with van der Waals surface area (Å²) in [6.07, 6.45) is 9.61. The Balaban J connectivity index is 1.83. The molecule has 0 spiro atoms. The second-order valence-electron chi connectivity index (χ2n) is 5.37. The van der Waals surface area contributed by atoms with E-state index in [2.05, 4.69) is 29.1 Å². The maximum atomic E-state index is 3.72.